The standard InChI is InChI=1S/C23H20BrN3O3/c24-19-13-16(11-12-21(19)28)15-25-27-22(29)14-20(17-7-3-1-4-8-17)26-23(30)18-9-5-2-6-10-18/h1-13,15,20,28H,14H2,(H,26,30)(H,27,29)/b25-15-/t20-/m1/s1. The van der Waals surface area contributed by atoms with E-state index in [0.717, 1.165) is 5.56 Å². The van der Waals surface area contributed by atoms with Crippen LogP contribution in [0.2, 0.25) is 0 Å². The Labute approximate surface area is 182 Å². The first kappa shape index (κ1) is 21.3. The van der Waals surface area contributed by atoms with Crippen LogP contribution in [0.1, 0.15) is 33.9 Å². The highest BCUT2D eigenvalue weighted by atomic mass is 79.9. The van der Waals surface area contributed by atoms with E-state index in [9.17, 15) is 14.7 Å². The number of phenols is 1. The lowest BCUT2D eigenvalue weighted by molar-refractivity contribution is -0.121. The average Bonchev–Trinajstić information content (AvgIpc) is 2.77. The largest absolute Gasteiger partial charge is 0.507 e. The molecule has 2 amide bonds. The van der Waals surface area contributed by atoms with Gasteiger partial charge in [0, 0.05) is 5.56 Å². The summed E-state index contributed by atoms with van der Waals surface area (Å²) < 4.78 is 0.533. The molecule has 0 bridgehead atoms. The van der Waals surface area contributed by atoms with Crippen LogP contribution in [-0.2, 0) is 4.79 Å². The normalized spacial score (nSPS) is 11.8. The number of aromatic hydroxyl groups is 1. The second-order valence-corrected chi connectivity index (χ2v) is 7.37. The summed E-state index contributed by atoms with van der Waals surface area (Å²) in [5.74, 6) is -0.475. The molecule has 0 spiro atoms. The summed E-state index contributed by atoms with van der Waals surface area (Å²) in [7, 11) is 0. The molecule has 0 aliphatic heterocycles. The fraction of sp³-hybridized carbons (Fsp3) is 0.0870. The van der Waals surface area contributed by atoms with Crippen molar-refractivity contribution < 1.29 is 14.7 Å². The molecule has 7 heteroatoms. The zero-order valence-electron chi connectivity index (χ0n) is 16.0. The Morgan fingerprint density at radius 2 is 1.67 bits per heavy atom. The highest BCUT2D eigenvalue weighted by molar-refractivity contribution is 9.10. The molecule has 1 atom stereocenters. The third-order valence-electron chi connectivity index (χ3n) is 4.31. The second-order valence-electron chi connectivity index (χ2n) is 6.51. The molecule has 30 heavy (non-hydrogen) atoms. The summed E-state index contributed by atoms with van der Waals surface area (Å²) in [5.41, 5.74) is 4.53. The van der Waals surface area contributed by atoms with Crippen molar-refractivity contribution in [1.82, 2.24) is 10.7 Å². The molecule has 0 fully saturated rings. The van der Waals surface area contributed by atoms with Gasteiger partial charge in [-0.05, 0) is 57.4 Å². The maximum absolute atomic E-state index is 12.6. The Morgan fingerprint density at radius 3 is 2.33 bits per heavy atom. The Morgan fingerprint density at radius 1 is 1.00 bits per heavy atom. The van der Waals surface area contributed by atoms with Crippen LogP contribution in [0.15, 0.2) is 88.4 Å². The minimum absolute atomic E-state index is 0.0270. The monoisotopic (exact) mass is 465 g/mol. The van der Waals surface area contributed by atoms with Gasteiger partial charge in [-0.2, -0.15) is 5.10 Å². The Hall–Kier alpha value is -3.45. The van der Waals surface area contributed by atoms with Crippen molar-refractivity contribution >= 4 is 34.0 Å². The predicted octanol–water partition coefficient (Wildman–Crippen LogP) is 4.17. The topological polar surface area (TPSA) is 90.8 Å². The van der Waals surface area contributed by atoms with Gasteiger partial charge in [0.15, 0.2) is 0 Å². The highest BCUT2D eigenvalue weighted by Gasteiger charge is 2.19. The summed E-state index contributed by atoms with van der Waals surface area (Å²) in [6.45, 7) is 0. The molecule has 0 saturated heterocycles. The van der Waals surface area contributed by atoms with Crippen LogP contribution in [0.5, 0.6) is 5.75 Å². The molecule has 0 aliphatic rings. The molecule has 0 saturated carbocycles. The van der Waals surface area contributed by atoms with Crippen LogP contribution in [0.4, 0.5) is 0 Å². The van der Waals surface area contributed by atoms with Gasteiger partial charge in [0.2, 0.25) is 5.91 Å². The van der Waals surface area contributed by atoms with Crippen LogP contribution < -0.4 is 10.7 Å². The van der Waals surface area contributed by atoms with E-state index < -0.39 is 6.04 Å². The predicted molar refractivity (Wildman–Crippen MR) is 119 cm³/mol. The van der Waals surface area contributed by atoms with E-state index in [4.69, 9.17) is 0 Å². The first-order valence-electron chi connectivity index (χ1n) is 9.24. The maximum atomic E-state index is 12.6. The second kappa shape index (κ2) is 10.4. The van der Waals surface area contributed by atoms with Crippen molar-refractivity contribution in [3.63, 3.8) is 0 Å². The van der Waals surface area contributed by atoms with Gasteiger partial charge >= 0.3 is 0 Å². The first-order chi connectivity index (χ1) is 14.5. The van der Waals surface area contributed by atoms with Crippen LogP contribution >= 0.6 is 15.9 Å². The molecule has 0 aliphatic carbocycles. The third kappa shape index (κ3) is 6.02. The van der Waals surface area contributed by atoms with Gasteiger partial charge < -0.3 is 10.4 Å². The quantitative estimate of drug-likeness (QED) is 0.361. The van der Waals surface area contributed by atoms with Gasteiger partial charge in [0.05, 0.1) is 23.1 Å². The van der Waals surface area contributed by atoms with Gasteiger partial charge in [-0.3, -0.25) is 9.59 Å². The number of halogens is 1. The third-order valence-corrected chi connectivity index (χ3v) is 4.94. The number of hydrazone groups is 1. The molecule has 0 heterocycles. The summed E-state index contributed by atoms with van der Waals surface area (Å²) in [6, 6.07) is 22.5. The van der Waals surface area contributed by atoms with Crippen LogP contribution in [0.3, 0.4) is 0 Å². The van der Waals surface area contributed by atoms with Crippen LogP contribution in [0.25, 0.3) is 0 Å². The fourth-order valence-corrected chi connectivity index (χ4v) is 3.18. The number of phenolic OH excluding ortho intramolecular Hbond substituents is 1. The van der Waals surface area contributed by atoms with E-state index in [1.807, 2.05) is 36.4 Å². The van der Waals surface area contributed by atoms with E-state index >= 15 is 0 Å². The molecule has 152 valence electrons. The number of rotatable bonds is 7. The highest BCUT2D eigenvalue weighted by Crippen LogP contribution is 2.23. The van der Waals surface area contributed by atoms with Crippen molar-refractivity contribution in [3.05, 3.63) is 100 Å². The minimum Gasteiger partial charge on any atom is -0.507 e. The number of carbonyl (C=O) groups excluding carboxylic acids is 2. The first-order valence-corrected chi connectivity index (χ1v) is 10.0. The van der Waals surface area contributed by atoms with Gasteiger partial charge in [0.1, 0.15) is 5.75 Å². The zero-order chi connectivity index (χ0) is 21.3. The number of hydrogen-bond acceptors (Lipinski definition) is 4. The number of nitrogens with one attached hydrogen (secondary N) is 2. The minimum atomic E-state index is -0.503. The number of benzene rings is 3. The van der Waals surface area contributed by atoms with Gasteiger partial charge in [-0.15, -0.1) is 0 Å². The number of amides is 2. The van der Waals surface area contributed by atoms with E-state index in [1.165, 1.54) is 12.3 Å². The Balaban J connectivity index is 1.66. The van der Waals surface area contributed by atoms with E-state index in [1.54, 1.807) is 36.4 Å². The smallest absolute Gasteiger partial charge is 0.251 e. The number of nitrogens with zero attached hydrogens (tertiary/aromatic N) is 1. The summed E-state index contributed by atoms with van der Waals surface area (Å²) >= 11 is 3.23. The summed E-state index contributed by atoms with van der Waals surface area (Å²) in [6.07, 6.45) is 1.50. The Bertz CT molecular complexity index is 1040. The lowest BCUT2D eigenvalue weighted by Crippen LogP contribution is -2.32. The van der Waals surface area contributed by atoms with Crippen molar-refractivity contribution in [1.29, 1.82) is 0 Å². The molecular formula is C23H20BrN3O3. The van der Waals surface area contributed by atoms with Gasteiger partial charge in [-0.25, -0.2) is 5.43 Å². The van der Waals surface area contributed by atoms with Crippen molar-refractivity contribution in [2.75, 3.05) is 0 Å². The Kier molecular flexibility index (Phi) is 7.34. The van der Waals surface area contributed by atoms with Crippen molar-refractivity contribution in [3.8, 4) is 5.75 Å². The zero-order valence-corrected chi connectivity index (χ0v) is 17.5. The summed E-state index contributed by atoms with van der Waals surface area (Å²) in [5, 5.41) is 16.4. The number of hydrogen-bond donors (Lipinski definition) is 3. The molecule has 3 aromatic carbocycles. The lowest BCUT2D eigenvalue weighted by Gasteiger charge is -2.18. The van der Waals surface area contributed by atoms with E-state index in [-0.39, 0.29) is 24.0 Å². The number of carbonyl (C=O) groups is 2. The lowest BCUT2D eigenvalue weighted by atomic mass is 10.0. The van der Waals surface area contributed by atoms with Crippen LogP contribution in [0, 0.1) is 0 Å². The van der Waals surface area contributed by atoms with Crippen molar-refractivity contribution in [2.45, 2.75) is 12.5 Å². The van der Waals surface area contributed by atoms with E-state index in [2.05, 4.69) is 31.8 Å². The maximum Gasteiger partial charge on any atom is 0.251 e. The molecule has 6 nitrogen and oxygen atoms in total. The molecule has 3 aromatic rings. The van der Waals surface area contributed by atoms with E-state index in [0.29, 0.717) is 15.6 Å². The van der Waals surface area contributed by atoms with Crippen molar-refractivity contribution in [2.24, 2.45) is 5.10 Å². The van der Waals surface area contributed by atoms with Gasteiger partial charge in [0.25, 0.3) is 5.91 Å². The molecule has 0 unspecified atom stereocenters. The summed E-state index contributed by atoms with van der Waals surface area (Å²) in [4.78, 5) is 25.0. The molecule has 3 rings (SSSR count). The van der Waals surface area contributed by atoms with Crippen LogP contribution in [-0.4, -0.2) is 23.1 Å². The average molecular weight is 466 g/mol. The van der Waals surface area contributed by atoms with Gasteiger partial charge in [-0.1, -0.05) is 48.5 Å². The molecular weight excluding hydrogens is 446 g/mol. The fourth-order valence-electron chi connectivity index (χ4n) is 2.78. The molecule has 0 radical (unpaired) electrons. The molecule has 0 aromatic heterocycles. The SMILES string of the molecule is O=C(C[C@@H](NC(=O)c1ccccc1)c1ccccc1)N/N=C\c1ccc(O)c(Br)c1. The molecule has 3 N–H and O–H groups in total.